The summed E-state index contributed by atoms with van der Waals surface area (Å²) in [5.74, 6) is 3.30. The van der Waals surface area contributed by atoms with Crippen molar-refractivity contribution >= 4 is 5.91 Å². The summed E-state index contributed by atoms with van der Waals surface area (Å²) in [7, 11) is 0. The second-order valence-electron chi connectivity index (χ2n) is 14.7. The number of carbonyl (C=O) groups excluding carboxylic acids is 1. The van der Waals surface area contributed by atoms with Crippen molar-refractivity contribution in [3.05, 3.63) is 0 Å². The number of carbonyl (C=O) groups is 1. The quantitative estimate of drug-likeness (QED) is 0.504. The average Bonchev–Trinajstić information content (AvgIpc) is 3.39. The first-order valence-electron chi connectivity index (χ1n) is 15.2. The van der Waals surface area contributed by atoms with Gasteiger partial charge in [-0.05, 0) is 116 Å². The van der Waals surface area contributed by atoms with Gasteiger partial charge >= 0.3 is 0 Å². The summed E-state index contributed by atoms with van der Waals surface area (Å²) in [6.07, 6.45) is 15.6. The molecule has 1 saturated heterocycles. The van der Waals surface area contributed by atoms with Gasteiger partial charge in [0, 0.05) is 20.0 Å². The molecular formula is C31H51NO3. The highest BCUT2D eigenvalue weighted by Crippen LogP contribution is 2.87. The fourth-order valence-electron chi connectivity index (χ4n) is 11.4. The Balaban J connectivity index is 1.19. The second kappa shape index (κ2) is 8.19. The smallest absolute Gasteiger partial charge is 0.219 e. The number of fused-ring (bicyclic) bond motifs is 4. The summed E-state index contributed by atoms with van der Waals surface area (Å²) in [6, 6.07) is 0. The molecule has 4 heteroatoms. The molecule has 2 spiro atoms. The van der Waals surface area contributed by atoms with Gasteiger partial charge in [0.15, 0.2) is 0 Å². The van der Waals surface area contributed by atoms with E-state index in [1.807, 2.05) is 4.90 Å². The number of nitrogens with zero attached hydrogens (tertiary/aromatic N) is 1. The van der Waals surface area contributed by atoms with Crippen molar-refractivity contribution in [3.63, 3.8) is 0 Å². The second-order valence-corrected chi connectivity index (χ2v) is 14.7. The molecular weight excluding hydrogens is 434 g/mol. The highest BCUT2D eigenvalue weighted by atomic mass is 16.5. The van der Waals surface area contributed by atoms with Crippen molar-refractivity contribution < 1.29 is 14.6 Å². The molecule has 1 amide bonds. The van der Waals surface area contributed by atoms with Crippen LogP contribution in [0.15, 0.2) is 0 Å². The van der Waals surface area contributed by atoms with Crippen LogP contribution in [0.25, 0.3) is 0 Å². The topological polar surface area (TPSA) is 49.8 Å². The maximum atomic E-state index is 12.2. The molecule has 0 aromatic rings. The van der Waals surface area contributed by atoms with Gasteiger partial charge in [0.1, 0.15) is 0 Å². The van der Waals surface area contributed by atoms with Crippen LogP contribution in [0.2, 0.25) is 0 Å². The van der Waals surface area contributed by atoms with Crippen molar-refractivity contribution in [2.75, 3.05) is 13.1 Å². The summed E-state index contributed by atoms with van der Waals surface area (Å²) >= 11 is 0. The Hall–Kier alpha value is -0.610. The molecule has 35 heavy (non-hydrogen) atoms. The minimum absolute atomic E-state index is 0.0772. The Morgan fingerprint density at radius 1 is 0.971 bits per heavy atom. The molecule has 1 N–H and O–H groups in total. The van der Waals surface area contributed by atoms with Crippen LogP contribution < -0.4 is 0 Å². The van der Waals surface area contributed by atoms with E-state index in [0.29, 0.717) is 34.2 Å². The Bertz CT molecular complexity index is 856. The molecule has 6 fully saturated rings. The number of hydrogen-bond donors (Lipinski definition) is 1. The van der Waals surface area contributed by atoms with E-state index in [1.165, 1.54) is 51.4 Å². The Morgan fingerprint density at radius 2 is 1.74 bits per heavy atom. The lowest BCUT2D eigenvalue weighted by Crippen LogP contribution is -2.54. The van der Waals surface area contributed by atoms with Crippen molar-refractivity contribution in [2.45, 2.75) is 130 Å². The minimum Gasteiger partial charge on any atom is -0.393 e. The van der Waals surface area contributed by atoms with E-state index in [-0.39, 0.29) is 23.5 Å². The van der Waals surface area contributed by atoms with Gasteiger partial charge in [0.25, 0.3) is 0 Å². The Morgan fingerprint density at radius 3 is 2.49 bits per heavy atom. The molecule has 0 bridgehead atoms. The first-order chi connectivity index (χ1) is 16.6. The fourth-order valence-corrected chi connectivity index (χ4v) is 11.4. The monoisotopic (exact) mass is 485 g/mol. The van der Waals surface area contributed by atoms with Gasteiger partial charge < -0.3 is 14.7 Å². The van der Waals surface area contributed by atoms with Gasteiger partial charge in [-0.3, -0.25) is 4.79 Å². The molecule has 0 aromatic heterocycles. The van der Waals surface area contributed by atoms with Crippen LogP contribution in [0.4, 0.5) is 0 Å². The van der Waals surface area contributed by atoms with Crippen molar-refractivity contribution in [2.24, 2.45) is 45.3 Å². The van der Waals surface area contributed by atoms with Gasteiger partial charge in [-0.15, -0.1) is 0 Å². The third-order valence-electron chi connectivity index (χ3n) is 13.3. The summed E-state index contributed by atoms with van der Waals surface area (Å²) in [5, 5.41) is 10.9. The van der Waals surface area contributed by atoms with Crippen LogP contribution in [0.5, 0.6) is 0 Å². The number of aliphatic hydroxyl groups excluding tert-OH is 1. The van der Waals surface area contributed by atoms with E-state index < -0.39 is 0 Å². The molecule has 4 nitrogen and oxygen atoms in total. The average molecular weight is 486 g/mol. The van der Waals surface area contributed by atoms with Crippen LogP contribution in [0.3, 0.4) is 0 Å². The Labute approximate surface area is 213 Å². The van der Waals surface area contributed by atoms with Crippen molar-refractivity contribution in [1.29, 1.82) is 0 Å². The van der Waals surface area contributed by atoms with Crippen LogP contribution in [0.1, 0.15) is 112 Å². The minimum atomic E-state index is -0.118. The number of amides is 1. The molecule has 10 atom stereocenters. The number of ether oxygens (including phenoxy) is 1. The molecule has 0 radical (unpaired) electrons. The number of unbranched alkanes of at least 4 members (excludes halogenated alkanes) is 1. The third kappa shape index (κ3) is 3.33. The predicted molar refractivity (Wildman–Crippen MR) is 139 cm³/mol. The zero-order valence-corrected chi connectivity index (χ0v) is 23.2. The summed E-state index contributed by atoms with van der Waals surface area (Å²) in [6.45, 7) is 12.9. The molecule has 1 heterocycles. The van der Waals surface area contributed by atoms with E-state index >= 15 is 0 Å². The van der Waals surface area contributed by atoms with E-state index in [9.17, 15) is 9.90 Å². The normalized spacial score (nSPS) is 51.3. The lowest BCUT2D eigenvalue weighted by molar-refractivity contribution is -0.139. The van der Waals surface area contributed by atoms with E-state index in [0.717, 1.165) is 50.6 Å². The molecule has 5 saturated carbocycles. The third-order valence-corrected chi connectivity index (χ3v) is 13.3. The SMILES string of the molecule is CCCCN(CC1CCC2C(CC3C4CCC5C(C)(C)[C@@H](O)CCC56C[C@@]46CC[C@]23C)O1)C(C)=O. The van der Waals surface area contributed by atoms with Gasteiger partial charge in [0.2, 0.25) is 5.91 Å². The molecule has 0 aromatic carbocycles. The van der Waals surface area contributed by atoms with Gasteiger partial charge in [0.05, 0.1) is 18.3 Å². The number of hydrogen-bond acceptors (Lipinski definition) is 3. The van der Waals surface area contributed by atoms with E-state index in [1.54, 1.807) is 6.92 Å². The first kappa shape index (κ1) is 24.7. The maximum absolute atomic E-state index is 12.2. The van der Waals surface area contributed by atoms with Gasteiger partial charge in [-0.1, -0.05) is 34.1 Å². The lowest BCUT2D eigenvalue weighted by atomic mass is 9.46. The van der Waals surface area contributed by atoms with Crippen LogP contribution >= 0.6 is 0 Å². The first-order valence-corrected chi connectivity index (χ1v) is 15.2. The fraction of sp³-hybridized carbons (Fsp3) is 0.968. The lowest BCUT2D eigenvalue weighted by Gasteiger charge is -2.59. The molecule has 6 rings (SSSR count). The standard InChI is InChI=1S/C31H51NO3/c1-6-7-16-32(20(2)33)18-21-8-9-23-25(35-21)17-24-22-10-11-26-28(3,4)27(34)12-13-31(26)19-30(22,31)15-14-29(23,24)5/h21-27,34H,6-19H2,1-5H3/t21?,22?,23?,24?,25?,26?,27-,29+,30-,31?/m0/s1. The molecule has 5 aliphatic carbocycles. The Kier molecular flexibility index (Phi) is 5.78. The molecule has 198 valence electrons. The van der Waals surface area contributed by atoms with E-state index in [4.69, 9.17) is 4.74 Å². The van der Waals surface area contributed by atoms with Crippen LogP contribution in [-0.2, 0) is 9.53 Å². The maximum Gasteiger partial charge on any atom is 0.219 e. The molecule has 7 unspecified atom stereocenters. The molecule has 1 aliphatic heterocycles. The summed E-state index contributed by atoms with van der Waals surface area (Å²) < 4.78 is 6.88. The highest BCUT2D eigenvalue weighted by Gasteiger charge is 2.80. The van der Waals surface area contributed by atoms with Gasteiger partial charge in [-0.2, -0.15) is 0 Å². The van der Waals surface area contributed by atoms with E-state index in [2.05, 4.69) is 27.7 Å². The van der Waals surface area contributed by atoms with Crippen LogP contribution in [0, 0.1) is 45.3 Å². The zero-order valence-electron chi connectivity index (χ0n) is 23.2. The summed E-state index contributed by atoms with van der Waals surface area (Å²) in [4.78, 5) is 14.3. The number of aliphatic hydroxyl groups is 1. The van der Waals surface area contributed by atoms with Crippen molar-refractivity contribution in [3.8, 4) is 0 Å². The number of rotatable bonds is 5. The zero-order chi connectivity index (χ0) is 24.8. The summed E-state index contributed by atoms with van der Waals surface area (Å²) in [5.41, 5.74) is 1.61. The molecule has 6 aliphatic rings. The largest absolute Gasteiger partial charge is 0.393 e. The van der Waals surface area contributed by atoms with Gasteiger partial charge in [-0.25, -0.2) is 0 Å². The van der Waals surface area contributed by atoms with Crippen molar-refractivity contribution in [1.82, 2.24) is 4.90 Å². The highest BCUT2D eigenvalue weighted by molar-refractivity contribution is 5.73. The van der Waals surface area contributed by atoms with Crippen LogP contribution in [-0.4, -0.2) is 47.3 Å². The predicted octanol–water partition coefficient (Wildman–Crippen LogP) is 6.20.